The number of aryl methyl sites for hydroxylation is 1. The van der Waals surface area contributed by atoms with E-state index < -0.39 is 39.3 Å². The van der Waals surface area contributed by atoms with Crippen LogP contribution in [-0.4, -0.2) is 125 Å². The molecule has 17 heteroatoms. The maximum atomic E-state index is 14.5. The largest absolute Gasteiger partial charge is 0.508 e. The van der Waals surface area contributed by atoms with Gasteiger partial charge in [0.15, 0.2) is 0 Å². The van der Waals surface area contributed by atoms with Gasteiger partial charge in [0.05, 0.1) is 35.3 Å². The number of carbonyl (C=O) groups excluding carboxylic acids is 4. The molecule has 1 aliphatic carbocycles. The highest BCUT2D eigenvalue weighted by Gasteiger charge is 2.45. The van der Waals surface area contributed by atoms with E-state index in [0.29, 0.717) is 56.4 Å². The molecule has 0 bridgehead atoms. The summed E-state index contributed by atoms with van der Waals surface area (Å²) in [5, 5.41) is 16.6. The number of benzene rings is 2. The van der Waals surface area contributed by atoms with Gasteiger partial charge in [0.1, 0.15) is 17.8 Å². The van der Waals surface area contributed by atoms with Gasteiger partial charge in [-0.05, 0) is 124 Å². The Hall–Kier alpha value is -5.36. The van der Waals surface area contributed by atoms with Crippen LogP contribution >= 0.6 is 0 Å². The molecule has 3 fully saturated rings. The van der Waals surface area contributed by atoms with Gasteiger partial charge in [-0.25, -0.2) is 18.1 Å². The zero-order chi connectivity index (χ0) is 49.9. The summed E-state index contributed by atoms with van der Waals surface area (Å²) in [6.07, 6.45) is 5.36. The van der Waals surface area contributed by atoms with Crippen LogP contribution in [0.3, 0.4) is 0 Å². The molecular formula is C52H71N7O9S. The molecule has 3 amide bonds. The number of rotatable bonds is 20. The third-order valence-corrected chi connectivity index (χ3v) is 16.4. The van der Waals surface area contributed by atoms with Crippen LogP contribution in [0.5, 0.6) is 5.75 Å². The molecule has 7 rings (SSSR count). The minimum atomic E-state index is -3.45. The summed E-state index contributed by atoms with van der Waals surface area (Å²) in [5.74, 6) is -2.10. The number of sulfonamides is 1. The van der Waals surface area contributed by atoms with Crippen molar-refractivity contribution in [2.75, 3.05) is 40.4 Å². The predicted octanol–water partition coefficient (Wildman–Crippen LogP) is 6.38. The van der Waals surface area contributed by atoms with E-state index >= 15 is 0 Å². The molecule has 16 nitrogen and oxygen atoms in total. The fourth-order valence-electron chi connectivity index (χ4n) is 10.3. The van der Waals surface area contributed by atoms with E-state index in [0.717, 1.165) is 51.8 Å². The molecule has 0 spiro atoms. The van der Waals surface area contributed by atoms with E-state index in [1.807, 2.05) is 45.9 Å². The van der Waals surface area contributed by atoms with Crippen molar-refractivity contribution in [3.63, 3.8) is 0 Å². The molecule has 4 aromatic rings. The minimum absolute atomic E-state index is 0.0164. The van der Waals surface area contributed by atoms with Crippen LogP contribution in [0.2, 0.25) is 0 Å². The van der Waals surface area contributed by atoms with Crippen LogP contribution in [-0.2, 0) is 58.1 Å². The first-order valence-corrected chi connectivity index (χ1v) is 25.9. The predicted molar refractivity (Wildman–Crippen MR) is 265 cm³/mol. The van der Waals surface area contributed by atoms with Gasteiger partial charge in [0.25, 0.3) is 12.4 Å². The number of hydrogen-bond donors (Lipinski definition) is 3. The minimum Gasteiger partial charge on any atom is -0.508 e. The smallest absolute Gasteiger partial charge is 0.293 e. The van der Waals surface area contributed by atoms with Crippen molar-refractivity contribution < 1.29 is 42.2 Å². The Kier molecular flexibility index (Phi) is 15.9. The highest BCUT2D eigenvalue weighted by molar-refractivity contribution is 7.90. The maximum Gasteiger partial charge on any atom is 0.293 e. The molecule has 1 unspecified atom stereocenters. The number of aromatic nitrogens is 2. The Morgan fingerprint density at radius 1 is 1.04 bits per heavy atom. The lowest BCUT2D eigenvalue weighted by Crippen LogP contribution is -2.60. The molecule has 3 N–H and O–H groups in total. The number of likely N-dealkylation sites (N-methyl/N-ethyl adjacent to an activating group) is 1. The van der Waals surface area contributed by atoms with Crippen molar-refractivity contribution in [3.8, 4) is 28.1 Å². The van der Waals surface area contributed by atoms with Crippen molar-refractivity contribution in [1.82, 2.24) is 34.5 Å². The number of hydrazine groups is 1. The number of nitrogens with zero attached hydrogens (tertiary/aromatic N) is 5. The topological polar surface area (TPSA) is 193 Å². The summed E-state index contributed by atoms with van der Waals surface area (Å²) < 4.78 is 40.8. The average molecular weight is 970 g/mol. The number of methoxy groups -OCH3 is 1. The van der Waals surface area contributed by atoms with Crippen LogP contribution in [0.25, 0.3) is 33.3 Å². The maximum absolute atomic E-state index is 14.5. The molecule has 2 aromatic carbocycles. The summed E-state index contributed by atoms with van der Waals surface area (Å²) in [4.78, 5) is 60.7. The van der Waals surface area contributed by atoms with Crippen molar-refractivity contribution in [2.24, 2.45) is 17.3 Å². The van der Waals surface area contributed by atoms with Crippen LogP contribution in [0.15, 0.2) is 54.7 Å². The lowest BCUT2D eigenvalue weighted by atomic mass is 9.84. The molecule has 0 radical (unpaired) electrons. The van der Waals surface area contributed by atoms with Crippen molar-refractivity contribution in [1.29, 1.82) is 0 Å². The summed E-state index contributed by atoms with van der Waals surface area (Å²) in [5.41, 5.74) is 9.69. The molecule has 5 atom stereocenters. The van der Waals surface area contributed by atoms with Gasteiger partial charge < -0.3 is 29.4 Å². The Balaban J connectivity index is 1.23. The molecule has 1 saturated carbocycles. The second-order valence-corrected chi connectivity index (χ2v) is 22.6. The van der Waals surface area contributed by atoms with Gasteiger partial charge in [-0.3, -0.25) is 29.2 Å². The molecule has 2 saturated heterocycles. The van der Waals surface area contributed by atoms with Crippen molar-refractivity contribution in [3.05, 3.63) is 71.5 Å². The molecule has 69 heavy (non-hydrogen) atoms. The number of amides is 3. The third kappa shape index (κ3) is 11.3. The second-order valence-electron chi connectivity index (χ2n) is 20.4. The van der Waals surface area contributed by atoms with E-state index in [9.17, 15) is 32.7 Å². The molecule has 2 aliphatic heterocycles. The molecule has 4 heterocycles. The highest BCUT2D eigenvalue weighted by Crippen LogP contribution is 2.42. The molecule has 3 aliphatic rings. The molecule has 2 aromatic heterocycles. The van der Waals surface area contributed by atoms with E-state index in [4.69, 9.17) is 14.5 Å². The Bertz CT molecular complexity index is 2650. The van der Waals surface area contributed by atoms with Crippen LogP contribution in [0, 0.1) is 17.3 Å². The normalized spacial score (nSPS) is 19.4. The van der Waals surface area contributed by atoms with E-state index in [2.05, 4.69) is 54.3 Å². The van der Waals surface area contributed by atoms with E-state index in [1.165, 1.54) is 9.21 Å². The second kappa shape index (κ2) is 21.3. The third-order valence-electron chi connectivity index (χ3n) is 14.0. The highest BCUT2D eigenvalue weighted by atomic mass is 32.2. The fraction of sp³-hybridized carbons (Fsp3) is 0.558. The number of aromatic hydroxyl groups is 1. The van der Waals surface area contributed by atoms with E-state index in [-0.39, 0.29) is 67.0 Å². The average Bonchev–Trinajstić information content (AvgIpc) is 3.99. The van der Waals surface area contributed by atoms with Gasteiger partial charge in [0, 0.05) is 80.9 Å². The summed E-state index contributed by atoms with van der Waals surface area (Å²) in [7, 11) is -0.210. The van der Waals surface area contributed by atoms with E-state index in [1.54, 1.807) is 37.5 Å². The summed E-state index contributed by atoms with van der Waals surface area (Å²) >= 11 is 0. The standard InChI is InChI=1S/C52H71N7O9S/c1-10-58-45-18-15-36(27-42(45)43(28-52(6,7)30-68-31-60)48(58)41-14-11-20-53-46(41)34(5)67-9)38-23-35(24-39(61)26-38)25-44(51(64)59-21-12-13-33(4)55-59)54-49(62)47(32(2)3)56(8)50(63)37-19-22-57(29-37)69(65,66)40-16-17-40/h11,14-15,18,20,23-24,26-27,31-34,37,40,44,47,55,61H,10,12-13,16-17,19,21-22,25,28-30H2,1-9H3,(H,54,62)/t33-,34+,37+,44+,47?/m1/s1. The van der Waals surface area contributed by atoms with Gasteiger partial charge in [0.2, 0.25) is 21.8 Å². The first-order chi connectivity index (χ1) is 32.8. The fourth-order valence-corrected chi connectivity index (χ4v) is 12.2. The van der Waals surface area contributed by atoms with Crippen molar-refractivity contribution >= 4 is 45.1 Å². The first-order valence-electron chi connectivity index (χ1n) is 24.4. The van der Waals surface area contributed by atoms with Crippen molar-refractivity contribution in [2.45, 2.75) is 129 Å². The first kappa shape index (κ1) is 51.5. The zero-order valence-corrected chi connectivity index (χ0v) is 42.5. The number of phenols is 1. The lowest BCUT2D eigenvalue weighted by Gasteiger charge is -2.36. The number of ether oxygens (including phenoxy) is 2. The Morgan fingerprint density at radius 2 is 1.80 bits per heavy atom. The number of nitrogens with one attached hydrogen (secondary N) is 2. The summed E-state index contributed by atoms with van der Waals surface area (Å²) in [6, 6.07) is 13.4. The molecular weight excluding hydrogens is 899 g/mol. The number of pyridine rings is 1. The van der Waals surface area contributed by atoms with Gasteiger partial charge in [-0.2, -0.15) is 0 Å². The number of fused-ring (bicyclic) bond motifs is 1. The number of hydrogen-bond acceptors (Lipinski definition) is 11. The van der Waals surface area contributed by atoms with Crippen LogP contribution in [0.1, 0.15) is 103 Å². The zero-order valence-electron chi connectivity index (χ0n) is 41.7. The van der Waals surface area contributed by atoms with Gasteiger partial charge in [-0.1, -0.05) is 39.8 Å². The Labute approximate surface area is 407 Å². The van der Waals surface area contributed by atoms with Gasteiger partial charge >= 0.3 is 0 Å². The SMILES string of the molecule is CCn1c(-c2cccnc2[C@H](C)OC)c(CC(C)(C)COC=O)c2cc(-c3cc(O)cc(C[C@H](NC(=O)C(C(C)C)N(C)C(=O)[C@H]4CCN(S(=O)(=O)C5CC5)C4)C(=O)N4CCC[C@@H](C)N4)c3)ccc21. The number of carbonyl (C=O) groups is 4. The summed E-state index contributed by atoms with van der Waals surface area (Å²) in [6.45, 7) is 16.0. The van der Waals surface area contributed by atoms with Crippen LogP contribution < -0.4 is 10.7 Å². The van der Waals surface area contributed by atoms with Crippen LogP contribution in [0.4, 0.5) is 0 Å². The number of phenolic OH excluding ortho intramolecular Hbond substituents is 1. The lowest BCUT2D eigenvalue weighted by molar-refractivity contribution is -0.146. The monoisotopic (exact) mass is 970 g/mol. The Morgan fingerprint density at radius 3 is 2.46 bits per heavy atom. The quantitative estimate of drug-likeness (QED) is 0.0833. The molecule has 374 valence electrons. The van der Waals surface area contributed by atoms with Gasteiger partial charge in [-0.15, -0.1) is 0 Å².